The van der Waals surface area contributed by atoms with Crippen molar-refractivity contribution in [2.45, 2.75) is 39.3 Å². The SMILES string of the molecule is CCC(C)c1ccc(O[SiH](C)C)cc1. The Morgan fingerprint density at radius 1 is 1.21 bits per heavy atom. The van der Waals surface area contributed by atoms with E-state index in [1.165, 1.54) is 12.0 Å². The van der Waals surface area contributed by atoms with Crippen molar-refractivity contribution >= 4 is 9.04 Å². The average Bonchev–Trinajstić information content (AvgIpc) is 2.17. The molecule has 1 aromatic carbocycles. The van der Waals surface area contributed by atoms with Crippen LogP contribution in [-0.4, -0.2) is 9.04 Å². The Balaban J connectivity index is 2.68. The molecular weight excluding hydrogens is 188 g/mol. The maximum atomic E-state index is 5.72. The van der Waals surface area contributed by atoms with Gasteiger partial charge in [0.2, 0.25) is 9.04 Å². The highest BCUT2D eigenvalue weighted by Crippen LogP contribution is 2.21. The number of benzene rings is 1. The normalized spacial score (nSPS) is 12.9. The maximum absolute atomic E-state index is 5.72. The van der Waals surface area contributed by atoms with Crippen LogP contribution in [0.1, 0.15) is 31.7 Å². The van der Waals surface area contributed by atoms with Crippen LogP contribution < -0.4 is 4.43 Å². The molecule has 0 N–H and O–H groups in total. The second kappa shape index (κ2) is 5.20. The predicted octanol–water partition coefficient (Wildman–Crippen LogP) is 3.56. The van der Waals surface area contributed by atoms with Gasteiger partial charge in [-0.25, -0.2) is 0 Å². The predicted molar refractivity (Wildman–Crippen MR) is 64.7 cm³/mol. The molecular formula is C12H20OSi. The highest BCUT2D eigenvalue weighted by atomic mass is 28.3. The smallest absolute Gasteiger partial charge is 0.229 e. The Bertz CT molecular complexity index is 266. The second-order valence-corrected chi connectivity index (χ2v) is 6.38. The first-order valence-electron chi connectivity index (χ1n) is 5.40. The average molecular weight is 208 g/mol. The van der Waals surface area contributed by atoms with Crippen LogP contribution in [0, 0.1) is 0 Å². The number of hydrogen-bond acceptors (Lipinski definition) is 1. The summed E-state index contributed by atoms with van der Waals surface area (Å²) in [6.45, 7) is 8.84. The third-order valence-corrected chi connectivity index (χ3v) is 3.18. The Morgan fingerprint density at radius 3 is 2.21 bits per heavy atom. The Kier molecular flexibility index (Phi) is 4.20. The fourth-order valence-corrected chi connectivity index (χ4v) is 2.08. The molecule has 0 radical (unpaired) electrons. The summed E-state index contributed by atoms with van der Waals surface area (Å²) in [5.74, 6) is 1.68. The van der Waals surface area contributed by atoms with Crippen LogP contribution in [0.5, 0.6) is 5.75 Å². The van der Waals surface area contributed by atoms with E-state index >= 15 is 0 Å². The van der Waals surface area contributed by atoms with Gasteiger partial charge in [0, 0.05) is 0 Å². The molecule has 1 rings (SSSR count). The van der Waals surface area contributed by atoms with Gasteiger partial charge in [0.25, 0.3) is 0 Å². The third kappa shape index (κ3) is 3.18. The standard InChI is InChI=1S/C12H20OSi/c1-5-10(2)11-6-8-12(9-7-11)13-14(3)4/h6-10,14H,5H2,1-4H3. The lowest BCUT2D eigenvalue weighted by atomic mass is 9.99. The lowest BCUT2D eigenvalue weighted by Gasteiger charge is -2.12. The van der Waals surface area contributed by atoms with E-state index in [0.29, 0.717) is 5.92 Å². The Morgan fingerprint density at radius 2 is 1.79 bits per heavy atom. The molecule has 1 aromatic rings. The first kappa shape index (κ1) is 11.3. The van der Waals surface area contributed by atoms with Crippen molar-refractivity contribution in [1.82, 2.24) is 0 Å². The molecule has 0 amide bonds. The highest BCUT2D eigenvalue weighted by molar-refractivity contribution is 6.49. The van der Waals surface area contributed by atoms with Crippen LogP contribution in [0.4, 0.5) is 0 Å². The summed E-state index contributed by atoms with van der Waals surface area (Å²) >= 11 is 0. The molecule has 2 heteroatoms. The quantitative estimate of drug-likeness (QED) is 0.687. The maximum Gasteiger partial charge on any atom is 0.229 e. The Hall–Kier alpha value is -0.763. The van der Waals surface area contributed by atoms with Gasteiger partial charge in [0.1, 0.15) is 5.75 Å². The van der Waals surface area contributed by atoms with Crippen molar-refractivity contribution < 1.29 is 4.43 Å². The molecule has 0 aliphatic heterocycles. The van der Waals surface area contributed by atoms with Gasteiger partial charge < -0.3 is 4.43 Å². The first-order valence-corrected chi connectivity index (χ1v) is 8.18. The lowest BCUT2D eigenvalue weighted by molar-refractivity contribution is 0.579. The van der Waals surface area contributed by atoms with E-state index in [1.54, 1.807) is 0 Å². The van der Waals surface area contributed by atoms with Crippen LogP contribution in [0.2, 0.25) is 13.1 Å². The minimum atomic E-state index is -0.945. The molecule has 1 atom stereocenters. The summed E-state index contributed by atoms with van der Waals surface area (Å²) < 4.78 is 5.72. The van der Waals surface area contributed by atoms with Gasteiger partial charge in [0.15, 0.2) is 0 Å². The van der Waals surface area contributed by atoms with E-state index in [-0.39, 0.29) is 0 Å². The molecule has 0 spiro atoms. The largest absolute Gasteiger partial charge is 0.547 e. The molecule has 78 valence electrons. The fourth-order valence-electron chi connectivity index (χ4n) is 1.38. The molecule has 0 aromatic heterocycles. The van der Waals surface area contributed by atoms with Gasteiger partial charge in [-0.15, -0.1) is 0 Å². The zero-order valence-corrected chi connectivity index (χ0v) is 10.7. The van der Waals surface area contributed by atoms with E-state index in [0.717, 1.165) is 5.75 Å². The summed E-state index contributed by atoms with van der Waals surface area (Å²) in [5, 5.41) is 0. The van der Waals surface area contributed by atoms with Crippen molar-refractivity contribution in [1.29, 1.82) is 0 Å². The minimum Gasteiger partial charge on any atom is -0.547 e. The molecule has 0 saturated heterocycles. The fraction of sp³-hybridized carbons (Fsp3) is 0.500. The van der Waals surface area contributed by atoms with Crippen LogP contribution >= 0.6 is 0 Å². The van der Waals surface area contributed by atoms with E-state index in [2.05, 4.69) is 51.2 Å². The molecule has 0 fully saturated rings. The third-order valence-electron chi connectivity index (χ3n) is 2.43. The van der Waals surface area contributed by atoms with Crippen LogP contribution in [0.15, 0.2) is 24.3 Å². The summed E-state index contributed by atoms with van der Waals surface area (Å²) in [4.78, 5) is 0. The van der Waals surface area contributed by atoms with Gasteiger partial charge >= 0.3 is 0 Å². The molecule has 14 heavy (non-hydrogen) atoms. The first-order chi connectivity index (χ1) is 6.63. The Labute approximate surface area is 88.8 Å². The highest BCUT2D eigenvalue weighted by Gasteiger charge is 2.03. The molecule has 1 nitrogen and oxygen atoms in total. The van der Waals surface area contributed by atoms with Gasteiger partial charge in [-0.1, -0.05) is 26.0 Å². The topological polar surface area (TPSA) is 9.23 Å². The molecule has 0 bridgehead atoms. The van der Waals surface area contributed by atoms with Crippen molar-refractivity contribution in [3.8, 4) is 5.75 Å². The van der Waals surface area contributed by atoms with Crippen LogP contribution in [-0.2, 0) is 0 Å². The lowest BCUT2D eigenvalue weighted by Crippen LogP contribution is -2.10. The van der Waals surface area contributed by atoms with Gasteiger partial charge in [-0.2, -0.15) is 0 Å². The molecule has 0 heterocycles. The minimum absolute atomic E-state index is 0.653. The number of rotatable bonds is 4. The zero-order valence-electron chi connectivity index (χ0n) is 9.58. The molecule has 0 aliphatic carbocycles. The van der Waals surface area contributed by atoms with Crippen LogP contribution in [0.3, 0.4) is 0 Å². The summed E-state index contributed by atoms with van der Waals surface area (Å²) in [6.07, 6.45) is 1.19. The summed E-state index contributed by atoms with van der Waals surface area (Å²) in [7, 11) is -0.945. The van der Waals surface area contributed by atoms with E-state index < -0.39 is 9.04 Å². The van der Waals surface area contributed by atoms with Gasteiger partial charge in [0.05, 0.1) is 0 Å². The molecule has 0 saturated carbocycles. The molecule has 0 aliphatic rings. The zero-order chi connectivity index (χ0) is 10.6. The van der Waals surface area contributed by atoms with E-state index in [4.69, 9.17) is 4.43 Å². The summed E-state index contributed by atoms with van der Waals surface area (Å²) in [6, 6.07) is 8.55. The summed E-state index contributed by atoms with van der Waals surface area (Å²) in [5.41, 5.74) is 1.41. The number of hydrogen-bond donors (Lipinski definition) is 0. The van der Waals surface area contributed by atoms with E-state index in [9.17, 15) is 0 Å². The van der Waals surface area contributed by atoms with Crippen molar-refractivity contribution in [3.05, 3.63) is 29.8 Å². The van der Waals surface area contributed by atoms with Gasteiger partial charge in [-0.3, -0.25) is 0 Å². The second-order valence-electron chi connectivity index (χ2n) is 4.04. The van der Waals surface area contributed by atoms with Crippen molar-refractivity contribution in [2.75, 3.05) is 0 Å². The van der Waals surface area contributed by atoms with E-state index in [1.807, 2.05) is 0 Å². The monoisotopic (exact) mass is 208 g/mol. The molecule has 1 unspecified atom stereocenters. The van der Waals surface area contributed by atoms with Crippen molar-refractivity contribution in [2.24, 2.45) is 0 Å². The van der Waals surface area contributed by atoms with Crippen molar-refractivity contribution in [3.63, 3.8) is 0 Å². The van der Waals surface area contributed by atoms with Gasteiger partial charge in [-0.05, 0) is 43.1 Å². The van der Waals surface area contributed by atoms with Crippen LogP contribution in [0.25, 0.3) is 0 Å².